The van der Waals surface area contributed by atoms with Crippen molar-refractivity contribution in [2.45, 2.75) is 24.7 Å². The van der Waals surface area contributed by atoms with Gasteiger partial charge in [-0.05, 0) is 41.3 Å². The maximum absolute atomic E-state index is 9.66. The highest BCUT2D eigenvalue weighted by Gasteiger charge is 2.38. The maximum atomic E-state index is 9.66. The number of phenolic OH excluding ortho intramolecular Hbond substituents is 1. The highest BCUT2D eigenvalue weighted by Crippen LogP contribution is 2.46. The number of fused-ring (bicyclic) bond motifs is 1. The summed E-state index contributed by atoms with van der Waals surface area (Å²) >= 11 is 0. The third-order valence-corrected chi connectivity index (χ3v) is 4.05. The molecule has 3 rings (SSSR count). The fourth-order valence-electron chi connectivity index (χ4n) is 2.84. The molecule has 0 unspecified atom stereocenters. The van der Waals surface area contributed by atoms with Gasteiger partial charge in [0.05, 0.1) is 6.61 Å². The van der Waals surface area contributed by atoms with Crippen LogP contribution in [0.3, 0.4) is 0 Å². The van der Waals surface area contributed by atoms with E-state index in [1.54, 1.807) is 12.1 Å². The summed E-state index contributed by atoms with van der Waals surface area (Å²) in [6.45, 7) is 0.196. The van der Waals surface area contributed by atoms with Gasteiger partial charge in [-0.25, -0.2) is 0 Å². The molecular weight excluding hydrogens is 212 g/mol. The Morgan fingerprint density at radius 1 is 1.12 bits per heavy atom. The van der Waals surface area contributed by atoms with Crippen molar-refractivity contribution in [1.82, 2.24) is 0 Å². The van der Waals surface area contributed by atoms with E-state index < -0.39 is 0 Å². The number of aliphatic hydroxyl groups is 1. The Labute approximate surface area is 101 Å². The van der Waals surface area contributed by atoms with Crippen molar-refractivity contribution in [3.63, 3.8) is 0 Å². The van der Waals surface area contributed by atoms with Crippen molar-refractivity contribution in [2.75, 3.05) is 6.61 Å². The molecule has 88 valence electrons. The van der Waals surface area contributed by atoms with Gasteiger partial charge in [-0.1, -0.05) is 30.7 Å². The quantitative estimate of drug-likeness (QED) is 0.829. The third-order valence-electron chi connectivity index (χ3n) is 4.05. The van der Waals surface area contributed by atoms with Crippen molar-refractivity contribution in [1.29, 1.82) is 0 Å². The Morgan fingerprint density at radius 2 is 1.94 bits per heavy atom. The summed E-state index contributed by atoms with van der Waals surface area (Å²) in [6, 6.07) is 11.6. The van der Waals surface area contributed by atoms with E-state index in [0.29, 0.717) is 0 Å². The topological polar surface area (TPSA) is 40.5 Å². The molecule has 0 atom stereocenters. The molecule has 0 aromatic heterocycles. The van der Waals surface area contributed by atoms with Crippen molar-refractivity contribution < 1.29 is 10.2 Å². The lowest BCUT2D eigenvalue weighted by Crippen LogP contribution is -2.38. The minimum absolute atomic E-state index is 0.0761. The van der Waals surface area contributed by atoms with Crippen LogP contribution >= 0.6 is 0 Å². The van der Waals surface area contributed by atoms with Gasteiger partial charge in [0.1, 0.15) is 5.75 Å². The Hall–Kier alpha value is -1.54. The molecule has 2 heteroatoms. The number of aromatic hydroxyl groups is 1. The zero-order valence-electron chi connectivity index (χ0n) is 9.69. The number of aliphatic hydroxyl groups excluding tert-OH is 1. The number of hydrogen-bond donors (Lipinski definition) is 2. The van der Waals surface area contributed by atoms with Crippen molar-refractivity contribution in [3.05, 3.63) is 42.0 Å². The van der Waals surface area contributed by atoms with Gasteiger partial charge in [0.25, 0.3) is 0 Å². The zero-order valence-corrected chi connectivity index (χ0v) is 9.69. The first-order valence-corrected chi connectivity index (χ1v) is 6.08. The average Bonchev–Trinajstić information content (AvgIpc) is 2.29. The number of hydrogen-bond acceptors (Lipinski definition) is 2. The lowest BCUT2D eigenvalue weighted by atomic mass is 9.64. The van der Waals surface area contributed by atoms with E-state index >= 15 is 0 Å². The number of benzene rings is 2. The van der Waals surface area contributed by atoms with Crippen LogP contribution in [0.15, 0.2) is 36.4 Å². The lowest BCUT2D eigenvalue weighted by molar-refractivity contribution is 0.121. The molecule has 0 spiro atoms. The third kappa shape index (κ3) is 1.52. The van der Waals surface area contributed by atoms with Crippen molar-refractivity contribution >= 4 is 10.8 Å². The van der Waals surface area contributed by atoms with Gasteiger partial charge in [0, 0.05) is 5.41 Å². The van der Waals surface area contributed by atoms with Crippen LogP contribution in [-0.4, -0.2) is 16.8 Å². The predicted molar refractivity (Wildman–Crippen MR) is 68.2 cm³/mol. The number of rotatable bonds is 2. The first-order chi connectivity index (χ1) is 8.25. The SMILES string of the molecule is OCC1(c2cccc3ccc(O)cc23)CCC1. The first kappa shape index (κ1) is 10.6. The van der Waals surface area contributed by atoms with Crippen LogP contribution in [0.25, 0.3) is 10.8 Å². The summed E-state index contributed by atoms with van der Waals surface area (Å²) in [5.41, 5.74) is 1.10. The second-order valence-electron chi connectivity index (χ2n) is 5.00. The van der Waals surface area contributed by atoms with Crippen LogP contribution in [-0.2, 0) is 5.41 Å². The first-order valence-electron chi connectivity index (χ1n) is 6.08. The highest BCUT2D eigenvalue weighted by molar-refractivity contribution is 5.88. The molecule has 2 aromatic carbocycles. The fraction of sp³-hybridized carbons (Fsp3) is 0.333. The van der Waals surface area contributed by atoms with Gasteiger partial charge >= 0.3 is 0 Å². The minimum atomic E-state index is -0.0761. The second kappa shape index (κ2) is 3.74. The number of phenols is 1. The molecule has 1 saturated carbocycles. The summed E-state index contributed by atoms with van der Waals surface area (Å²) in [5, 5.41) is 21.5. The Balaban J connectivity index is 2.25. The zero-order chi connectivity index (χ0) is 11.9. The molecule has 1 aliphatic rings. The summed E-state index contributed by atoms with van der Waals surface area (Å²) < 4.78 is 0. The highest BCUT2D eigenvalue weighted by atomic mass is 16.3. The predicted octanol–water partition coefficient (Wildman–Crippen LogP) is 2.96. The van der Waals surface area contributed by atoms with E-state index in [1.165, 1.54) is 12.0 Å². The van der Waals surface area contributed by atoms with E-state index in [0.717, 1.165) is 23.6 Å². The molecule has 0 aliphatic heterocycles. The van der Waals surface area contributed by atoms with E-state index in [9.17, 15) is 10.2 Å². The summed E-state index contributed by atoms with van der Waals surface area (Å²) in [7, 11) is 0. The molecule has 2 aromatic rings. The van der Waals surface area contributed by atoms with E-state index in [2.05, 4.69) is 6.07 Å². The van der Waals surface area contributed by atoms with Crippen LogP contribution in [0.1, 0.15) is 24.8 Å². The molecule has 2 nitrogen and oxygen atoms in total. The molecule has 0 bridgehead atoms. The lowest BCUT2D eigenvalue weighted by Gasteiger charge is -2.41. The second-order valence-corrected chi connectivity index (χ2v) is 5.00. The van der Waals surface area contributed by atoms with Crippen LogP contribution < -0.4 is 0 Å². The standard InChI is InChI=1S/C15H16O2/c16-10-15(7-2-8-15)14-4-1-3-11-5-6-12(17)9-13(11)14/h1,3-6,9,16-17H,2,7-8,10H2. The molecule has 17 heavy (non-hydrogen) atoms. The van der Waals surface area contributed by atoms with Crippen LogP contribution in [0.5, 0.6) is 5.75 Å². The van der Waals surface area contributed by atoms with E-state index in [1.807, 2.05) is 18.2 Å². The molecule has 1 aliphatic carbocycles. The molecule has 0 amide bonds. The van der Waals surface area contributed by atoms with Gasteiger partial charge in [0.15, 0.2) is 0 Å². The van der Waals surface area contributed by atoms with Crippen molar-refractivity contribution in [3.8, 4) is 5.75 Å². The van der Waals surface area contributed by atoms with E-state index in [4.69, 9.17) is 0 Å². The minimum Gasteiger partial charge on any atom is -0.508 e. The Bertz CT molecular complexity index is 550. The van der Waals surface area contributed by atoms with Crippen LogP contribution in [0.2, 0.25) is 0 Å². The van der Waals surface area contributed by atoms with Crippen molar-refractivity contribution in [2.24, 2.45) is 0 Å². The van der Waals surface area contributed by atoms with Crippen LogP contribution in [0.4, 0.5) is 0 Å². The van der Waals surface area contributed by atoms with Gasteiger partial charge in [0.2, 0.25) is 0 Å². The fourth-order valence-corrected chi connectivity index (χ4v) is 2.84. The van der Waals surface area contributed by atoms with Gasteiger partial charge in [-0.15, -0.1) is 0 Å². The molecule has 1 fully saturated rings. The van der Waals surface area contributed by atoms with E-state index in [-0.39, 0.29) is 17.8 Å². The molecular formula is C15H16O2. The Kier molecular flexibility index (Phi) is 2.33. The Morgan fingerprint density at radius 3 is 2.59 bits per heavy atom. The van der Waals surface area contributed by atoms with Gasteiger partial charge < -0.3 is 10.2 Å². The largest absolute Gasteiger partial charge is 0.508 e. The van der Waals surface area contributed by atoms with Gasteiger partial charge in [-0.3, -0.25) is 0 Å². The summed E-state index contributed by atoms with van der Waals surface area (Å²) in [6.07, 6.45) is 3.26. The summed E-state index contributed by atoms with van der Waals surface area (Å²) in [4.78, 5) is 0. The molecule has 0 saturated heterocycles. The summed E-state index contributed by atoms with van der Waals surface area (Å²) in [5.74, 6) is 0.289. The average molecular weight is 228 g/mol. The molecule has 0 radical (unpaired) electrons. The maximum Gasteiger partial charge on any atom is 0.116 e. The molecule has 2 N–H and O–H groups in total. The normalized spacial score (nSPS) is 17.9. The van der Waals surface area contributed by atoms with Gasteiger partial charge in [-0.2, -0.15) is 0 Å². The van der Waals surface area contributed by atoms with Crippen LogP contribution in [0, 0.1) is 0 Å². The smallest absolute Gasteiger partial charge is 0.116 e. The molecule has 0 heterocycles. The monoisotopic (exact) mass is 228 g/mol.